The average Bonchev–Trinajstić information content (AvgIpc) is 3.21. The lowest BCUT2D eigenvalue weighted by Gasteiger charge is -2.30. The largest absolute Gasteiger partial charge is 0.345 e. The molecular formula is C20H24N4O2. The van der Waals surface area contributed by atoms with Gasteiger partial charge in [0.25, 0.3) is 5.91 Å². The minimum atomic E-state index is -0.230. The van der Waals surface area contributed by atoms with Gasteiger partial charge in [0.15, 0.2) is 0 Å². The second-order valence-corrected chi connectivity index (χ2v) is 7.18. The lowest BCUT2D eigenvalue weighted by molar-refractivity contribution is -0.122. The molecule has 3 heterocycles. The molecule has 6 nitrogen and oxygen atoms in total. The number of hydrogen-bond donors (Lipinski definition) is 1. The number of rotatable bonds is 2. The van der Waals surface area contributed by atoms with Crippen LogP contribution in [0.25, 0.3) is 0 Å². The topological polar surface area (TPSA) is 57.6 Å². The number of nitrogens with zero attached hydrogens (tertiary/aromatic N) is 3. The van der Waals surface area contributed by atoms with Gasteiger partial charge in [0.1, 0.15) is 5.69 Å². The SMILES string of the molecule is Cc1cn(C)c2c1N(C(=O)C(C)N1CCCC1)c1ccccc1NC2=O. The van der Waals surface area contributed by atoms with E-state index in [1.807, 2.05) is 51.4 Å². The maximum absolute atomic E-state index is 13.6. The van der Waals surface area contributed by atoms with E-state index >= 15 is 0 Å². The zero-order valence-corrected chi connectivity index (χ0v) is 15.5. The van der Waals surface area contributed by atoms with E-state index in [9.17, 15) is 9.59 Å². The Morgan fingerprint density at radius 3 is 2.62 bits per heavy atom. The summed E-state index contributed by atoms with van der Waals surface area (Å²) < 4.78 is 1.80. The highest BCUT2D eigenvalue weighted by Gasteiger charge is 2.36. The molecular weight excluding hydrogens is 328 g/mol. The number of para-hydroxylation sites is 2. The highest BCUT2D eigenvalue weighted by Crippen LogP contribution is 2.41. The smallest absolute Gasteiger partial charge is 0.274 e. The molecule has 0 spiro atoms. The first-order valence-electron chi connectivity index (χ1n) is 9.13. The molecule has 2 aliphatic heterocycles. The molecule has 1 saturated heterocycles. The van der Waals surface area contributed by atoms with Crippen LogP contribution in [0.2, 0.25) is 0 Å². The normalized spacial score (nSPS) is 18.1. The van der Waals surface area contributed by atoms with Crippen LogP contribution in [0.1, 0.15) is 35.8 Å². The Morgan fingerprint density at radius 2 is 1.88 bits per heavy atom. The number of anilines is 3. The molecule has 0 aliphatic carbocycles. The van der Waals surface area contributed by atoms with Crippen LogP contribution in [0, 0.1) is 6.92 Å². The van der Waals surface area contributed by atoms with Crippen molar-refractivity contribution in [3.8, 4) is 0 Å². The Morgan fingerprint density at radius 1 is 1.19 bits per heavy atom. The van der Waals surface area contributed by atoms with Crippen LogP contribution in [0.3, 0.4) is 0 Å². The van der Waals surface area contributed by atoms with Gasteiger partial charge in [-0.25, -0.2) is 0 Å². The molecule has 1 aromatic carbocycles. The van der Waals surface area contributed by atoms with Crippen molar-refractivity contribution >= 4 is 28.9 Å². The van der Waals surface area contributed by atoms with Gasteiger partial charge in [0.05, 0.1) is 23.1 Å². The van der Waals surface area contributed by atoms with Crippen LogP contribution < -0.4 is 10.2 Å². The number of benzene rings is 1. The third kappa shape index (κ3) is 2.52. The molecule has 1 atom stereocenters. The number of nitrogens with one attached hydrogen (secondary N) is 1. The average molecular weight is 352 g/mol. The van der Waals surface area contributed by atoms with Gasteiger partial charge in [-0.1, -0.05) is 12.1 Å². The first kappa shape index (κ1) is 16.8. The highest BCUT2D eigenvalue weighted by atomic mass is 16.2. The first-order chi connectivity index (χ1) is 12.5. The van der Waals surface area contributed by atoms with Gasteiger partial charge in [-0.15, -0.1) is 0 Å². The van der Waals surface area contributed by atoms with Crippen molar-refractivity contribution in [1.82, 2.24) is 9.47 Å². The standard InChI is InChI=1S/C20H24N4O2/c1-13-12-22(3)18-17(13)24(20(26)14(2)23-10-6-7-11-23)16-9-5-4-8-15(16)21-19(18)25/h4-5,8-9,12,14H,6-7,10-11H2,1-3H3,(H,21,25). The van der Waals surface area contributed by atoms with E-state index in [2.05, 4.69) is 10.2 Å². The van der Waals surface area contributed by atoms with E-state index in [-0.39, 0.29) is 17.9 Å². The summed E-state index contributed by atoms with van der Waals surface area (Å²) in [6, 6.07) is 7.27. The molecule has 2 aromatic rings. The van der Waals surface area contributed by atoms with Gasteiger partial charge < -0.3 is 9.88 Å². The summed E-state index contributed by atoms with van der Waals surface area (Å²) in [6.45, 7) is 5.80. The molecule has 2 aliphatic rings. The van der Waals surface area contributed by atoms with Crippen LogP contribution in [-0.4, -0.2) is 40.4 Å². The fourth-order valence-corrected chi connectivity index (χ4v) is 4.10. The first-order valence-corrected chi connectivity index (χ1v) is 9.13. The maximum Gasteiger partial charge on any atom is 0.274 e. The van der Waals surface area contributed by atoms with E-state index in [0.29, 0.717) is 17.1 Å². The van der Waals surface area contributed by atoms with Crippen LogP contribution in [0.5, 0.6) is 0 Å². The van der Waals surface area contributed by atoms with Gasteiger partial charge in [-0.3, -0.25) is 19.4 Å². The summed E-state index contributed by atoms with van der Waals surface area (Å²) in [5.41, 5.74) is 3.50. The number of amides is 2. The van der Waals surface area contributed by atoms with Gasteiger partial charge in [0, 0.05) is 13.2 Å². The van der Waals surface area contributed by atoms with Crippen molar-refractivity contribution in [2.75, 3.05) is 23.3 Å². The van der Waals surface area contributed by atoms with Crippen molar-refractivity contribution in [2.45, 2.75) is 32.7 Å². The summed E-state index contributed by atoms with van der Waals surface area (Å²) in [4.78, 5) is 30.3. The Labute approximate surface area is 153 Å². The van der Waals surface area contributed by atoms with Crippen LogP contribution in [0.4, 0.5) is 17.1 Å². The Balaban J connectivity index is 1.88. The monoisotopic (exact) mass is 352 g/mol. The number of aryl methyl sites for hydroxylation is 2. The van der Waals surface area contributed by atoms with E-state index in [4.69, 9.17) is 0 Å². The Bertz CT molecular complexity index is 880. The number of carbonyl (C=O) groups excluding carboxylic acids is 2. The van der Waals surface area contributed by atoms with Crippen molar-refractivity contribution < 1.29 is 9.59 Å². The molecule has 6 heteroatoms. The Kier molecular flexibility index (Phi) is 4.07. The molecule has 1 N–H and O–H groups in total. The van der Waals surface area contributed by atoms with E-state index in [1.54, 1.807) is 9.47 Å². The number of carbonyl (C=O) groups is 2. The lowest BCUT2D eigenvalue weighted by Crippen LogP contribution is -2.44. The third-order valence-electron chi connectivity index (χ3n) is 5.44. The summed E-state index contributed by atoms with van der Waals surface area (Å²) in [5, 5.41) is 2.96. The lowest BCUT2D eigenvalue weighted by atomic mass is 10.1. The third-order valence-corrected chi connectivity index (χ3v) is 5.44. The van der Waals surface area contributed by atoms with E-state index in [1.165, 1.54) is 0 Å². The molecule has 0 bridgehead atoms. The van der Waals surface area contributed by atoms with Crippen molar-refractivity contribution in [1.29, 1.82) is 0 Å². The second kappa shape index (κ2) is 6.29. The Hall–Kier alpha value is -2.60. The molecule has 0 radical (unpaired) electrons. The minimum absolute atomic E-state index is 0.00593. The number of fused-ring (bicyclic) bond motifs is 2. The fraction of sp³-hybridized carbons (Fsp3) is 0.400. The van der Waals surface area contributed by atoms with Gasteiger partial charge in [-0.2, -0.15) is 0 Å². The highest BCUT2D eigenvalue weighted by molar-refractivity contribution is 6.18. The second-order valence-electron chi connectivity index (χ2n) is 7.18. The van der Waals surface area contributed by atoms with E-state index < -0.39 is 0 Å². The molecule has 1 fully saturated rings. The number of hydrogen-bond acceptors (Lipinski definition) is 3. The maximum atomic E-state index is 13.6. The van der Waals surface area contributed by atoms with Gasteiger partial charge in [0.2, 0.25) is 5.91 Å². The minimum Gasteiger partial charge on any atom is -0.345 e. The molecule has 136 valence electrons. The van der Waals surface area contributed by atoms with Crippen LogP contribution in [0.15, 0.2) is 30.5 Å². The molecule has 1 aromatic heterocycles. The molecule has 26 heavy (non-hydrogen) atoms. The summed E-state index contributed by atoms with van der Waals surface area (Å²) in [6.07, 6.45) is 4.16. The van der Waals surface area contributed by atoms with Crippen LogP contribution >= 0.6 is 0 Å². The molecule has 4 rings (SSSR count). The number of aromatic nitrogens is 1. The van der Waals surface area contributed by atoms with Crippen molar-refractivity contribution in [2.24, 2.45) is 7.05 Å². The van der Waals surface area contributed by atoms with Crippen molar-refractivity contribution in [3.63, 3.8) is 0 Å². The summed E-state index contributed by atoms with van der Waals surface area (Å²) in [5.74, 6) is -0.182. The molecule has 2 amide bonds. The van der Waals surface area contributed by atoms with Crippen LogP contribution in [-0.2, 0) is 11.8 Å². The quantitative estimate of drug-likeness (QED) is 0.904. The van der Waals surface area contributed by atoms with E-state index in [0.717, 1.165) is 37.2 Å². The van der Waals surface area contributed by atoms with Gasteiger partial charge >= 0.3 is 0 Å². The predicted molar refractivity (Wildman–Crippen MR) is 102 cm³/mol. The zero-order valence-electron chi connectivity index (χ0n) is 15.5. The predicted octanol–water partition coefficient (Wildman–Crippen LogP) is 3.05. The van der Waals surface area contributed by atoms with Gasteiger partial charge in [-0.05, 0) is 57.5 Å². The summed E-state index contributed by atoms with van der Waals surface area (Å²) in [7, 11) is 1.84. The summed E-state index contributed by atoms with van der Waals surface area (Å²) >= 11 is 0. The number of likely N-dealkylation sites (tertiary alicyclic amines) is 1. The fourth-order valence-electron chi connectivity index (χ4n) is 4.10. The molecule has 0 saturated carbocycles. The zero-order chi connectivity index (χ0) is 18.4. The molecule has 1 unspecified atom stereocenters. The van der Waals surface area contributed by atoms with Crippen molar-refractivity contribution in [3.05, 3.63) is 41.7 Å².